The summed E-state index contributed by atoms with van der Waals surface area (Å²) in [6.07, 6.45) is 0.580. The maximum Gasteiger partial charge on any atom is 0.264 e. The van der Waals surface area contributed by atoms with E-state index in [-0.39, 0.29) is 23.3 Å². The summed E-state index contributed by atoms with van der Waals surface area (Å²) in [5.74, 6) is 0.265. The Morgan fingerprint density at radius 1 is 1.00 bits per heavy atom. The van der Waals surface area contributed by atoms with Crippen LogP contribution in [0.4, 0.5) is 11.4 Å². The molecule has 1 heterocycles. The van der Waals surface area contributed by atoms with Crippen molar-refractivity contribution in [2.45, 2.75) is 11.3 Å². The van der Waals surface area contributed by atoms with Gasteiger partial charge in [0.1, 0.15) is 12.4 Å². The van der Waals surface area contributed by atoms with Crippen molar-refractivity contribution in [3.63, 3.8) is 0 Å². The molecule has 4 rings (SSSR count). The van der Waals surface area contributed by atoms with Crippen LogP contribution in [0.2, 0.25) is 0 Å². The number of ether oxygens (including phenoxy) is 1. The molecule has 0 aliphatic carbocycles. The summed E-state index contributed by atoms with van der Waals surface area (Å²) in [5.41, 5.74) is 1.98. The molecular formula is C23H22N2O4S. The second kappa shape index (κ2) is 8.20. The first-order valence-corrected chi connectivity index (χ1v) is 11.0. The van der Waals surface area contributed by atoms with Gasteiger partial charge in [0.25, 0.3) is 10.0 Å². The van der Waals surface area contributed by atoms with Gasteiger partial charge in [-0.1, -0.05) is 42.5 Å². The van der Waals surface area contributed by atoms with Crippen molar-refractivity contribution in [3.8, 4) is 5.75 Å². The number of sulfonamides is 1. The number of fused-ring (bicyclic) bond motifs is 1. The van der Waals surface area contributed by atoms with Gasteiger partial charge in [-0.15, -0.1) is 0 Å². The minimum Gasteiger partial charge on any atom is -0.492 e. The summed E-state index contributed by atoms with van der Waals surface area (Å²) in [4.78, 5) is 12.9. The molecule has 3 aromatic rings. The van der Waals surface area contributed by atoms with Crippen LogP contribution in [-0.4, -0.2) is 28.0 Å². The number of anilines is 2. The third-order valence-electron chi connectivity index (χ3n) is 5.13. The average molecular weight is 423 g/mol. The number of hydrogen-bond acceptors (Lipinski definition) is 4. The van der Waals surface area contributed by atoms with E-state index in [2.05, 4.69) is 5.32 Å². The standard InChI is InChI=1S/C23H22N2O4S/c1-25(20-10-3-2-4-11-20)30(27,28)21-12-7-9-19(15-21)24-23(26)18-14-17-8-5-6-13-22(17)29-16-18/h2-13,15,18H,14,16H2,1H3,(H,24,26). The maximum atomic E-state index is 13.0. The monoisotopic (exact) mass is 422 g/mol. The van der Waals surface area contributed by atoms with Crippen LogP contribution in [0, 0.1) is 5.92 Å². The summed E-state index contributed by atoms with van der Waals surface area (Å²) >= 11 is 0. The van der Waals surface area contributed by atoms with Crippen LogP contribution >= 0.6 is 0 Å². The summed E-state index contributed by atoms with van der Waals surface area (Å²) in [5, 5.41) is 2.83. The zero-order valence-corrected chi connectivity index (χ0v) is 17.3. The molecule has 1 N–H and O–H groups in total. The SMILES string of the molecule is CN(c1ccccc1)S(=O)(=O)c1cccc(NC(=O)C2COc3ccccc3C2)c1. The summed E-state index contributed by atoms with van der Waals surface area (Å²) in [7, 11) is -2.25. The lowest BCUT2D eigenvalue weighted by molar-refractivity contribution is -0.121. The average Bonchev–Trinajstić information content (AvgIpc) is 2.79. The first-order chi connectivity index (χ1) is 14.4. The van der Waals surface area contributed by atoms with Crippen molar-refractivity contribution >= 4 is 27.3 Å². The smallest absolute Gasteiger partial charge is 0.264 e. The normalized spacial score (nSPS) is 15.6. The molecule has 1 aliphatic heterocycles. The van der Waals surface area contributed by atoms with E-state index in [1.54, 1.807) is 36.4 Å². The molecule has 0 bridgehead atoms. The number of benzene rings is 3. The molecule has 154 valence electrons. The Hall–Kier alpha value is -3.32. The van der Waals surface area contributed by atoms with Gasteiger partial charge in [-0.2, -0.15) is 0 Å². The fourth-order valence-electron chi connectivity index (χ4n) is 3.41. The minimum atomic E-state index is -3.76. The predicted octanol–water partition coefficient (Wildman–Crippen LogP) is 3.70. The summed E-state index contributed by atoms with van der Waals surface area (Å²) < 4.78 is 32.9. The number of hydrogen-bond donors (Lipinski definition) is 1. The molecule has 0 fully saturated rings. The van der Waals surface area contributed by atoms with E-state index >= 15 is 0 Å². The van der Waals surface area contributed by atoms with Crippen LogP contribution in [0.1, 0.15) is 5.56 Å². The maximum absolute atomic E-state index is 13.0. The molecule has 0 aromatic heterocycles. The number of para-hydroxylation sites is 2. The van der Waals surface area contributed by atoms with E-state index in [9.17, 15) is 13.2 Å². The second-order valence-electron chi connectivity index (χ2n) is 7.14. The van der Waals surface area contributed by atoms with Gasteiger partial charge in [-0.25, -0.2) is 8.42 Å². The Morgan fingerprint density at radius 2 is 1.73 bits per heavy atom. The number of nitrogens with zero attached hydrogens (tertiary/aromatic N) is 1. The van der Waals surface area contributed by atoms with E-state index in [0.717, 1.165) is 11.3 Å². The fraction of sp³-hybridized carbons (Fsp3) is 0.174. The highest BCUT2D eigenvalue weighted by Gasteiger charge is 2.26. The largest absolute Gasteiger partial charge is 0.492 e. The minimum absolute atomic E-state index is 0.108. The third kappa shape index (κ3) is 4.02. The first-order valence-electron chi connectivity index (χ1n) is 9.61. The predicted molar refractivity (Wildman–Crippen MR) is 116 cm³/mol. The highest BCUT2D eigenvalue weighted by atomic mass is 32.2. The lowest BCUT2D eigenvalue weighted by Gasteiger charge is -2.24. The molecular weight excluding hydrogens is 400 g/mol. The van der Waals surface area contributed by atoms with Gasteiger partial charge in [0.15, 0.2) is 0 Å². The van der Waals surface area contributed by atoms with Gasteiger partial charge < -0.3 is 10.1 Å². The molecule has 3 aromatic carbocycles. The van der Waals surface area contributed by atoms with Gasteiger partial charge in [0.2, 0.25) is 5.91 Å². The van der Waals surface area contributed by atoms with E-state index in [1.807, 2.05) is 30.3 Å². The second-order valence-corrected chi connectivity index (χ2v) is 9.11. The highest BCUT2D eigenvalue weighted by molar-refractivity contribution is 7.92. The molecule has 1 amide bonds. The number of carbonyl (C=O) groups excluding carboxylic acids is 1. The highest BCUT2D eigenvalue weighted by Crippen LogP contribution is 2.28. The Bertz CT molecular complexity index is 1160. The molecule has 0 spiro atoms. The van der Waals surface area contributed by atoms with Crippen LogP contribution < -0.4 is 14.4 Å². The van der Waals surface area contributed by atoms with Gasteiger partial charge in [0, 0.05) is 12.7 Å². The zero-order valence-electron chi connectivity index (χ0n) is 16.5. The Balaban J connectivity index is 1.50. The lowest BCUT2D eigenvalue weighted by atomic mass is 9.96. The van der Waals surface area contributed by atoms with Crippen LogP contribution in [0.3, 0.4) is 0 Å². The molecule has 0 saturated carbocycles. The molecule has 0 saturated heterocycles. The Morgan fingerprint density at radius 3 is 2.53 bits per heavy atom. The number of rotatable bonds is 5. The van der Waals surface area contributed by atoms with E-state index < -0.39 is 10.0 Å². The fourth-order valence-corrected chi connectivity index (χ4v) is 4.65. The molecule has 1 atom stereocenters. The molecule has 1 unspecified atom stereocenters. The Labute approximate surface area is 176 Å². The van der Waals surface area contributed by atoms with Gasteiger partial charge in [-0.3, -0.25) is 9.10 Å². The van der Waals surface area contributed by atoms with Crippen molar-refractivity contribution in [2.75, 3.05) is 23.3 Å². The summed E-state index contributed by atoms with van der Waals surface area (Å²) in [6.45, 7) is 0.289. The van der Waals surface area contributed by atoms with Crippen molar-refractivity contribution in [1.82, 2.24) is 0 Å². The van der Waals surface area contributed by atoms with Crippen LogP contribution in [0.5, 0.6) is 5.75 Å². The topological polar surface area (TPSA) is 75.7 Å². The zero-order chi connectivity index (χ0) is 21.1. The first kappa shape index (κ1) is 20.0. The summed E-state index contributed by atoms with van der Waals surface area (Å²) in [6, 6.07) is 22.8. The van der Waals surface area contributed by atoms with Gasteiger partial charge in [0.05, 0.1) is 16.5 Å². The molecule has 0 radical (unpaired) electrons. The third-order valence-corrected chi connectivity index (χ3v) is 6.91. The van der Waals surface area contributed by atoms with Crippen molar-refractivity contribution < 1.29 is 17.9 Å². The number of carbonyl (C=O) groups is 1. The van der Waals surface area contributed by atoms with Crippen molar-refractivity contribution in [3.05, 3.63) is 84.4 Å². The number of amides is 1. The van der Waals surface area contributed by atoms with E-state index in [0.29, 0.717) is 17.8 Å². The number of nitrogens with one attached hydrogen (secondary N) is 1. The van der Waals surface area contributed by atoms with Crippen LogP contribution in [-0.2, 0) is 21.2 Å². The molecule has 6 nitrogen and oxygen atoms in total. The molecule has 30 heavy (non-hydrogen) atoms. The Kier molecular flexibility index (Phi) is 5.46. The molecule has 1 aliphatic rings. The van der Waals surface area contributed by atoms with Gasteiger partial charge in [-0.05, 0) is 48.4 Å². The van der Waals surface area contributed by atoms with E-state index in [1.165, 1.54) is 23.5 Å². The van der Waals surface area contributed by atoms with Crippen LogP contribution in [0.25, 0.3) is 0 Å². The van der Waals surface area contributed by atoms with Crippen molar-refractivity contribution in [2.24, 2.45) is 5.92 Å². The van der Waals surface area contributed by atoms with Crippen molar-refractivity contribution in [1.29, 1.82) is 0 Å². The lowest BCUT2D eigenvalue weighted by Crippen LogP contribution is -2.32. The quantitative estimate of drug-likeness (QED) is 0.680. The van der Waals surface area contributed by atoms with Gasteiger partial charge >= 0.3 is 0 Å². The molecule has 7 heteroatoms. The van der Waals surface area contributed by atoms with E-state index in [4.69, 9.17) is 4.74 Å². The van der Waals surface area contributed by atoms with Crippen LogP contribution in [0.15, 0.2) is 83.8 Å².